The molecule has 1 aromatic rings. The maximum atomic E-state index is 12.0. The topological polar surface area (TPSA) is 129 Å². The molecule has 1 aromatic carbocycles. The summed E-state index contributed by atoms with van der Waals surface area (Å²) in [7, 11) is 4.15. The lowest BCUT2D eigenvalue weighted by Gasteiger charge is -2.16. The van der Waals surface area contributed by atoms with Crippen molar-refractivity contribution >= 4 is 18.0 Å². The zero-order valence-electron chi connectivity index (χ0n) is 13.3. The Kier molecular flexibility index (Phi) is 7.15. The van der Waals surface area contributed by atoms with Gasteiger partial charge in [-0.1, -0.05) is 0 Å². The highest BCUT2D eigenvalue weighted by Gasteiger charge is 2.25. The van der Waals surface area contributed by atoms with Gasteiger partial charge < -0.3 is 29.2 Å². The van der Waals surface area contributed by atoms with Gasteiger partial charge in [0.1, 0.15) is 18.8 Å². The van der Waals surface area contributed by atoms with Crippen LogP contribution in [0, 0.1) is 0 Å². The molecule has 9 nitrogen and oxygen atoms in total. The summed E-state index contributed by atoms with van der Waals surface area (Å²) >= 11 is 0. The number of aliphatic hydroxyl groups is 2. The van der Waals surface area contributed by atoms with Crippen molar-refractivity contribution in [2.24, 2.45) is 0 Å². The molecule has 0 aliphatic rings. The highest BCUT2D eigenvalue weighted by atomic mass is 16.5. The van der Waals surface area contributed by atoms with E-state index < -0.39 is 30.6 Å². The molecular weight excluding hydrogens is 324 g/mol. The highest BCUT2D eigenvalue weighted by molar-refractivity contribution is 6.27. The van der Waals surface area contributed by atoms with E-state index in [1.165, 1.54) is 33.5 Å². The van der Waals surface area contributed by atoms with E-state index in [9.17, 15) is 24.6 Å². The Morgan fingerprint density at radius 2 is 1.62 bits per heavy atom. The average molecular weight is 342 g/mol. The molecule has 0 aromatic heterocycles. The fourth-order valence-corrected chi connectivity index (χ4v) is 1.79. The molecule has 2 N–H and O–H groups in total. The quantitative estimate of drug-likeness (QED) is 0.342. The SMILES string of the molecule is COc1cc(C(=O)OCC(O)C(O)C(=O)C=O)cc(OC)c1OC. The monoisotopic (exact) mass is 342 g/mol. The molecule has 0 saturated heterocycles. The lowest BCUT2D eigenvalue weighted by molar-refractivity contribution is -0.141. The number of Topliss-reactive ketones (excluding diaryl/α,β-unsaturated/α-hetero) is 1. The molecule has 0 heterocycles. The second-order valence-corrected chi connectivity index (χ2v) is 4.54. The lowest BCUT2D eigenvalue weighted by Crippen LogP contribution is -2.38. The summed E-state index contributed by atoms with van der Waals surface area (Å²) in [5, 5.41) is 18.8. The number of hydrogen-bond donors (Lipinski definition) is 2. The van der Waals surface area contributed by atoms with Crippen LogP contribution in [-0.4, -0.2) is 68.4 Å². The first-order valence-corrected chi connectivity index (χ1v) is 6.71. The number of ether oxygens (including phenoxy) is 4. The number of carbonyl (C=O) groups excluding carboxylic acids is 3. The number of esters is 1. The fraction of sp³-hybridized carbons (Fsp3) is 0.400. The van der Waals surface area contributed by atoms with Crippen molar-refractivity contribution < 1.29 is 43.5 Å². The molecule has 132 valence electrons. The summed E-state index contributed by atoms with van der Waals surface area (Å²) in [4.78, 5) is 33.2. The zero-order chi connectivity index (χ0) is 18.3. The van der Waals surface area contributed by atoms with Gasteiger partial charge in [-0.05, 0) is 12.1 Å². The van der Waals surface area contributed by atoms with Crippen LogP contribution in [0.1, 0.15) is 10.4 Å². The van der Waals surface area contributed by atoms with Crippen LogP contribution in [0.2, 0.25) is 0 Å². The van der Waals surface area contributed by atoms with Gasteiger partial charge in [0.15, 0.2) is 17.8 Å². The van der Waals surface area contributed by atoms with Gasteiger partial charge in [0.05, 0.1) is 26.9 Å². The van der Waals surface area contributed by atoms with Gasteiger partial charge in [-0.25, -0.2) is 4.79 Å². The standard InChI is InChI=1S/C15H18O9/c1-21-11-4-8(5-12(22-2)14(11)23-3)15(20)24-7-10(18)13(19)9(17)6-16/h4-6,10,13,18-19H,7H2,1-3H3. The first-order valence-electron chi connectivity index (χ1n) is 6.71. The second-order valence-electron chi connectivity index (χ2n) is 4.54. The number of aliphatic hydroxyl groups excluding tert-OH is 2. The van der Waals surface area contributed by atoms with Crippen LogP contribution in [0.4, 0.5) is 0 Å². The summed E-state index contributed by atoms with van der Waals surface area (Å²) in [6, 6.07) is 2.67. The molecular formula is C15H18O9. The molecule has 2 unspecified atom stereocenters. The summed E-state index contributed by atoms with van der Waals surface area (Å²) in [5.74, 6) is -1.35. The third-order valence-electron chi connectivity index (χ3n) is 3.06. The molecule has 2 atom stereocenters. The molecule has 0 aliphatic carbocycles. The third-order valence-corrected chi connectivity index (χ3v) is 3.06. The minimum Gasteiger partial charge on any atom is -0.493 e. The fourth-order valence-electron chi connectivity index (χ4n) is 1.79. The first-order chi connectivity index (χ1) is 11.4. The molecule has 0 fully saturated rings. The van der Waals surface area contributed by atoms with Crippen LogP contribution in [0.25, 0.3) is 0 Å². The van der Waals surface area contributed by atoms with E-state index in [0.29, 0.717) is 0 Å². The van der Waals surface area contributed by atoms with Crippen molar-refractivity contribution in [3.05, 3.63) is 17.7 Å². The Morgan fingerprint density at radius 3 is 2.04 bits per heavy atom. The predicted octanol–water partition coefficient (Wildman–Crippen LogP) is -0.641. The minimum atomic E-state index is -1.96. The van der Waals surface area contributed by atoms with E-state index >= 15 is 0 Å². The minimum absolute atomic E-state index is 0.0351. The molecule has 0 spiro atoms. The largest absolute Gasteiger partial charge is 0.493 e. The van der Waals surface area contributed by atoms with Gasteiger partial charge in [-0.2, -0.15) is 0 Å². The van der Waals surface area contributed by atoms with Crippen molar-refractivity contribution in [1.82, 2.24) is 0 Å². The number of methoxy groups -OCH3 is 3. The predicted molar refractivity (Wildman–Crippen MR) is 79.5 cm³/mol. The molecule has 0 aliphatic heterocycles. The zero-order valence-corrected chi connectivity index (χ0v) is 13.3. The van der Waals surface area contributed by atoms with E-state index in [1.54, 1.807) is 0 Å². The summed E-state index contributed by atoms with van der Waals surface area (Å²) in [5.41, 5.74) is 0.0351. The van der Waals surface area contributed by atoms with Crippen LogP contribution < -0.4 is 14.2 Å². The number of carbonyl (C=O) groups is 3. The van der Waals surface area contributed by atoms with Gasteiger partial charge >= 0.3 is 5.97 Å². The molecule has 0 saturated carbocycles. The van der Waals surface area contributed by atoms with Crippen LogP contribution >= 0.6 is 0 Å². The first kappa shape index (κ1) is 19.4. The molecule has 0 radical (unpaired) electrons. The smallest absolute Gasteiger partial charge is 0.338 e. The molecule has 0 bridgehead atoms. The van der Waals surface area contributed by atoms with Crippen molar-refractivity contribution in [2.45, 2.75) is 12.2 Å². The average Bonchev–Trinajstić information content (AvgIpc) is 2.62. The number of rotatable bonds is 9. The Bertz CT molecular complexity index is 586. The summed E-state index contributed by atoms with van der Waals surface area (Å²) < 4.78 is 20.1. The summed E-state index contributed by atoms with van der Waals surface area (Å²) in [6.45, 7) is -0.684. The number of aldehydes is 1. The Labute approximate surface area is 137 Å². The van der Waals surface area contributed by atoms with Crippen LogP contribution in [-0.2, 0) is 14.3 Å². The third kappa shape index (κ3) is 4.43. The van der Waals surface area contributed by atoms with Crippen LogP contribution in [0.15, 0.2) is 12.1 Å². The van der Waals surface area contributed by atoms with E-state index in [1.807, 2.05) is 0 Å². The maximum Gasteiger partial charge on any atom is 0.338 e. The lowest BCUT2D eigenvalue weighted by atomic mass is 10.1. The van der Waals surface area contributed by atoms with Gasteiger partial charge in [0, 0.05) is 0 Å². The van der Waals surface area contributed by atoms with Gasteiger partial charge in [0.2, 0.25) is 11.5 Å². The Hall–Kier alpha value is -2.65. The normalized spacial score (nSPS) is 12.7. The van der Waals surface area contributed by atoms with Gasteiger partial charge in [-0.15, -0.1) is 0 Å². The highest BCUT2D eigenvalue weighted by Crippen LogP contribution is 2.38. The Morgan fingerprint density at radius 1 is 1.08 bits per heavy atom. The number of benzene rings is 1. The molecule has 24 heavy (non-hydrogen) atoms. The van der Waals surface area contributed by atoms with Crippen LogP contribution in [0.3, 0.4) is 0 Å². The number of ketones is 1. The Balaban J connectivity index is 2.88. The van der Waals surface area contributed by atoms with Crippen molar-refractivity contribution in [2.75, 3.05) is 27.9 Å². The molecule has 0 amide bonds. The van der Waals surface area contributed by atoms with Crippen molar-refractivity contribution in [1.29, 1.82) is 0 Å². The van der Waals surface area contributed by atoms with E-state index in [-0.39, 0.29) is 29.1 Å². The van der Waals surface area contributed by atoms with Crippen LogP contribution in [0.5, 0.6) is 17.2 Å². The van der Waals surface area contributed by atoms with Gasteiger partial charge in [0.25, 0.3) is 0 Å². The maximum absolute atomic E-state index is 12.0. The van der Waals surface area contributed by atoms with Gasteiger partial charge in [-0.3, -0.25) is 9.59 Å². The van der Waals surface area contributed by atoms with Crippen molar-refractivity contribution in [3.63, 3.8) is 0 Å². The van der Waals surface area contributed by atoms with E-state index in [4.69, 9.17) is 18.9 Å². The van der Waals surface area contributed by atoms with Crippen molar-refractivity contribution in [3.8, 4) is 17.2 Å². The number of hydrogen-bond acceptors (Lipinski definition) is 9. The van der Waals surface area contributed by atoms with E-state index in [0.717, 1.165) is 0 Å². The second kappa shape index (κ2) is 8.85. The van der Waals surface area contributed by atoms with E-state index in [2.05, 4.69) is 0 Å². The molecule has 1 rings (SSSR count). The summed E-state index contributed by atoms with van der Waals surface area (Å²) in [6.07, 6.45) is -3.82. The molecule has 9 heteroatoms.